The number of fused-ring (bicyclic) bond motifs is 1. The zero-order valence-corrected chi connectivity index (χ0v) is 11.6. The topological polar surface area (TPSA) is 82.7 Å². The number of carbonyl (C=O) groups excluding carboxylic acids is 1. The van der Waals surface area contributed by atoms with E-state index in [0.717, 1.165) is 22.2 Å². The Morgan fingerprint density at radius 1 is 1.33 bits per heavy atom. The molecule has 0 fully saturated rings. The van der Waals surface area contributed by atoms with Crippen LogP contribution in [0.4, 0.5) is 10.5 Å². The van der Waals surface area contributed by atoms with Gasteiger partial charge < -0.3 is 15.6 Å². The van der Waals surface area contributed by atoms with Gasteiger partial charge in [-0.05, 0) is 19.1 Å². The first-order valence-electron chi connectivity index (χ1n) is 6.70. The molecule has 0 atom stereocenters. The molecule has 6 heteroatoms. The van der Waals surface area contributed by atoms with Crippen LogP contribution in [0.5, 0.6) is 0 Å². The van der Waals surface area contributed by atoms with Crippen LogP contribution in [0.3, 0.4) is 0 Å². The number of H-pyrrole nitrogens is 1. The predicted octanol–water partition coefficient (Wildman–Crippen LogP) is 2.77. The number of aromatic nitrogens is 3. The van der Waals surface area contributed by atoms with E-state index in [-0.39, 0.29) is 6.03 Å². The van der Waals surface area contributed by atoms with Crippen molar-refractivity contribution in [3.63, 3.8) is 0 Å². The second-order valence-corrected chi connectivity index (χ2v) is 4.55. The Kier molecular flexibility index (Phi) is 3.51. The largest absolute Gasteiger partial charge is 0.358 e. The molecule has 0 radical (unpaired) electrons. The molecule has 0 unspecified atom stereocenters. The summed E-state index contributed by atoms with van der Waals surface area (Å²) in [4.78, 5) is 23.2. The average molecular weight is 281 g/mol. The summed E-state index contributed by atoms with van der Waals surface area (Å²) in [6.45, 7) is 2.44. The van der Waals surface area contributed by atoms with Gasteiger partial charge in [-0.3, -0.25) is 9.97 Å². The fourth-order valence-corrected chi connectivity index (χ4v) is 2.12. The predicted molar refractivity (Wildman–Crippen MR) is 82.0 cm³/mol. The van der Waals surface area contributed by atoms with E-state index in [1.165, 1.54) is 0 Å². The molecule has 21 heavy (non-hydrogen) atoms. The molecular formula is C15H15N5O. The highest BCUT2D eigenvalue weighted by Crippen LogP contribution is 2.25. The molecule has 106 valence electrons. The lowest BCUT2D eigenvalue weighted by molar-refractivity contribution is 0.252. The number of hydrogen-bond acceptors (Lipinski definition) is 3. The minimum atomic E-state index is -0.239. The second-order valence-electron chi connectivity index (χ2n) is 4.55. The zero-order valence-electron chi connectivity index (χ0n) is 11.6. The molecular weight excluding hydrogens is 266 g/mol. The lowest BCUT2D eigenvalue weighted by Gasteiger charge is -2.04. The van der Waals surface area contributed by atoms with Gasteiger partial charge in [-0.2, -0.15) is 0 Å². The highest BCUT2D eigenvalue weighted by atomic mass is 16.2. The van der Waals surface area contributed by atoms with Crippen LogP contribution in [0.15, 0.2) is 43.0 Å². The number of aromatic amines is 1. The van der Waals surface area contributed by atoms with E-state index in [4.69, 9.17) is 0 Å². The Morgan fingerprint density at radius 3 is 3.00 bits per heavy atom. The van der Waals surface area contributed by atoms with Crippen LogP contribution in [0.2, 0.25) is 0 Å². The summed E-state index contributed by atoms with van der Waals surface area (Å²) >= 11 is 0. The molecule has 0 aromatic carbocycles. The van der Waals surface area contributed by atoms with Gasteiger partial charge in [0.05, 0.1) is 11.2 Å². The Balaban J connectivity index is 1.93. The SMILES string of the molecule is CCNC(=O)Nc1c[nH]c2cc(-c3cccnc3)cnc12. The van der Waals surface area contributed by atoms with Crippen molar-refractivity contribution in [2.75, 3.05) is 11.9 Å². The molecule has 3 N–H and O–H groups in total. The van der Waals surface area contributed by atoms with Crippen molar-refractivity contribution in [1.82, 2.24) is 20.3 Å². The van der Waals surface area contributed by atoms with Gasteiger partial charge in [0, 0.05) is 42.5 Å². The third-order valence-electron chi connectivity index (χ3n) is 3.10. The summed E-state index contributed by atoms with van der Waals surface area (Å²) in [6.07, 6.45) is 7.04. The number of carbonyl (C=O) groups is 1. The van der Waals surface area contributed by atoms with Crippen molar-refractivity contribution >= 4 is 22.8 Å². The van der Waals surface area contributed by atoms with E-state index in [2.05, 4.69) is 25.6 Å². The van der Waals surface area contributed by atoms with E-state index in [9.17, 15) is 4.79 Å². The first-order valence-corrected chi connectivity index (χ1v) is 6.70. The molecule has 0 saturated carbocycles. The third-order valence-corrected chi connectivity index (χ3v) is 3.10. The van der Waals surface area contributed by atoms with Gasteiger partial charge in [-0.25, -0.2) is 4.79 Å². The maximum absolute atomic E-state index is 11.6. The Morgan fingerprint density at radius 2 is 2.24 bits per heavy atom. The number of nitrogens with zero attached hydrogens (tertiary/aromatic N) is 2. The number of nitrogens with one attached hydrogen (secondary N) is 3. The molecule has 0 aliphatic heterocycles. The normalized spacial score (nSPS) is 10.5. The van der Waals surface area contributed by atoms with Crippen LogP contribution in [-0.2, 0) is 0 Å². The molecule has 3 aromatic heterocycles. The van der Waals surface area contributed by atoms with Gasteiger partial charge in [0.1, 0.15) is 5.52 Å². The molecule has 3 aromatic rings. The number of anilines is 1. The highest BCUT2D eigenvalue weighted by molar-refractivity contribution is 5.99. The van der Waals surface area contributed by atoms with Crippen LogP contribution >= 0.6 is 0 Å². The molecule has 0 aliphatic carbocycles. The van der Waals surface area contributed by atoms with Crippen molar-refractivity contribution in [3.05, 3.63) is 43.0 Å². The second kappa shape index (κ2) is 5.62. The molecule has 0 spiro atoms. The van der Waals surface area contributed by atoms with Gasteiger partial charge in [-0.1, -0.05) is 6.07 Å². The van der Waals surface area contributed by atoms with Crippen LogP contribution < -0.4 is 10.6 Å². The summed E-state index contributed by atoms with van der Waals surface area (Å²) in [6, 6.07) is 5.61. The van der Waals surface area contributed by atoms with Crippen molar-refractivity contribution in [2.24, 2.45) is 0 Å². The first-order chi connectivity index (χ1) is 10.3. The summed E-state index contributed by atoms with van der Waals surface area (Å²) < 4.78 is 0. The molecule has 0 bridgehead atoms. The quantitative estimate of drug-likeness (QED) is 0.690. The summed E-state index contributed by atoms with van der Waals surface area (Å²) in [5.41, 5.74) is 4.23. The number of hydrogen-bond donors (Lipinski definition) is 3. The van der Waals surface area contributed by atoms with Gasteiger partial charge in [0.15, 0.2) is 0 Å². The van der Waals surface area contributed by atoms with E-state index in [1.54, 1.807) is 24.8 Å². The minimum absolute atomic E-state index is 0.239. The Bertz CT molecular complexity index is 766. The number of urea groups is 1. The fraction of sp³-hybridized carbons (Fsp3) is 0.133. The molecule has 3 rings (SSSR count). The average Bonchev–Trinajstić information content (AvgIpc) is 2.91. The zero-order chi connectivity index (χ0) is 14.7. The van der Waals surface area contributed by atoms with Crippen molar-refractivity contribution < 1.29 is 4.79 Å². The third kappa shape index (κ3) is 2.69. The maximum Gasteiger partial charge on any atom is 0.319 e. The number of rotatable bonds is 3. The number of pyridine rings is 2. The van der Waals surface area contributed by atoms with Gasteiger partial charge in [-0.15, -0.1) is 0 Å². The maximum atomic E-state index is 11.6. The first kappa shape index (κ1) is 13.1. The lowest BCUT2D eigenvalue weighted by Crippen LogP contribution is -2.28. The van der Waals surface area contributed by atoms with E-state index < -0.39 is 0 Å². The molecule has 6 nitrogen and oxygen atoms in total. The van der Waals surface area contributed by atoms with Crippen molar-refractivity contribution in [3.8, 4) is 11.1 Å². The molecule has 2 amide bonds. The molecule has 0 aliphatic rings. The Hall–Kier alpha value is -2.89. The molecule has 3 heterocycles. The fourth-order valence-electron chi connectivity index (χ4n) is 2.12. The lowest BCUT2D eigenvalue weighted by atomic mass is 10.1. The van der Waals surface area contributed by atoms with E-state index in [0.29, 0.717) is 12.2 Å². The smallest absolute Gasteiger partial charge is 0.319 e. The number of amides is 2. The monoisotopic (exact) mass is 281 g/mol. The van der Waals surface area contributed by atoms with Crippen LogP contribution in [-0.4, -0.2) is 27.5 Å². The minimum Gasteiger partial charge on any atom is -0.358 e. The van der Waals surface area contributed by atoms with Crippen LogP contribution in [0.1, 0.15) is 6.92 Å². The van der Waals surface area contributed by atoms with Crippen LogP contribution in [0, 0.1) is 0 Å². The van der Waals surface area contributed by atoms with Crippen LogP contribution in [0.25, 0.3) is 22.2 Å². The summed E-state index contributed by atoms with van der Waals surface area (Å²) in [7, 11) is 0. The van der Waals surface area contributed by atoms with Crippen molar-refractivity contribution in [2.45, 2.75) is 6.92 Å². The van der Waals surface area contributed by atoms with Crippen molar-refractivity contribution in [1.29, 1.82) is 0 Å². The summed E-state index contributed by atoms with van der Waals surface area (Å²) in [5, 5.41) is 5.45. The van der Waals surface area contributed by atoms with Gasteiger partial charge >= 0.3 is 6.03 Å². The van der Waals surface area contributed by atoms with Gasteiger partial charge in [0.2, 0.25) is 0 Å². The highest BCUT2D eigenvalue weighted by Gasteiger charge is 2.09. The Labute approximate surface area is 121 Å². The van der Waals surface area contributed by atoms with E-state index >= 15 is 0 Å². The standard InChI is InChI=1S/C15H15N5O/c1-2-17-15(21)20-13-9-18-12-6-11(8-19-14(12)13)10-4-3-5-16-7-10/h3-9,18H,2H2,1H3,(H2,17,20,21). The van der Waals surface area contributed by atoms with Gasteiger partial charge in [0.25, 0.3) is 0 Å². The summed E-state index contributed by atoms with van der Waals surface area (Å²) in [5.74, 6) is 0. The molecule has 0 saturated heterocycles. The van der Waals surface area contributed by atoms with E-state index in [1.807, 2.05) is 25.1 Å².